The molecule has 0 spiro atoms. The molecule has 0 aliphatic carbocycles. The lowest BCUT2D eigenvalue weighted by Crippen LogP contribution is -2.06. The molecule has 0 amide bonds. The summed E-state index contributed by atoms with van der Waals surface area (Å²) in [5.41, 5.74) is 1.62. The van der Waals surface area contributed by atoms with Crippen LogP contribution in [0.25, 0.3) is 6.08 Å². The molecule has 3 rings (SSSR count). The monoisotopic (exact) mass is 280 g/mol. The van der Waals surface area contributed by atoms with E-state index in [1.54, 1.807) is 31.5 Å². The van der Waals surface area contributed by atoms with Crippen LogP contribution in [-0.4, -0.2) is 24.0 Å². The maximum atomic E-state index is 11.8. The van der Waals surface area contributed by atoms with E-state index in [0.29, 0.717) is 5.69 Å². The number of carbonyl (C=O) groups is 1. The summed E-state index contributed by atoms with van der Waals surface area (Å²) in [5.74, 6) is 0.496. The van der Waals surface area contributed by atoms with E-state index in [4.69, 9.17) is 9.47 Å². The molecule has 2 aromatic rings. The minimum absolute atomic E-state index is 0.223. The first-order valence-corrected chi connectivity index (χ1v) is 6.34. The number of hydrogen-bond acceptors (Lipinski definition) is 5. The zero-order valence-electron chi connectivity index (χ0n) is 11.3. The number of pyridine rings is 1. The van der Waals surface area contributed by atoms with E-state index in [1.807, 2.05) is 30.3 Å². The van der Waals surface area contributed by atoms with Crippen LogP contribution in [0.5, 0.6) is 5.75 Å². The molecule has 0 N–H and O–H groups in total. The largest absolute Gasteiger partial charge is 0.497 e. The lowest BCUT2D eigenvalue weighted by Gasteiger charge is -1.99. The van der Waals surface area contributed by atoms with Gasteiger partial charge in [-0.1, -0.05) is 18.2 Å². The van der Waals surface area contributed by atoms with Gasteiger partial charge < -0.3 is 9.47 Å². The molecule has 0 radical (unpaired) electrons. The van der Waals surface area contributed by atoms with Crippen molar-refractivity contribution < 1.29 is 14.3 Å². The molecule has 0 saturated heterocycles. The number of methoxy groups -OCH3 is 1. The van der Waals surface area contributed by atoms with Gasteiger partial charge >= 0.3 is 5.97 Å². The van der Waals surface area contributed by atoms with Gasteiger partial charge in [-0.3, -0.25) is 4.98 Å². The number of benzene rings is 1. The summed E-state index contributed by atoms with van der Waals surface area (Å²) in [5, 5.41) is 0. The van der Waals surface area contributed by atoms with Gasteiger partial charge in [0.1, 0.15) is 11.4 Å². The number of nitrogens with zero attached hydrogens (tertiary/aromatic N) is 2. The summed E-state index contributed by atoms with van der Waals surface area (Å²) >= 11 is 0. The van der Waals surface area contributed by atoms with Crippen molar-refractivity contribution in [3.8, 4) is 5.75 Å². The highest BCUT2D eigenvalue weighted by atomic mass is 16.6. The Balaban J connectivity index is 1.89. The zero-order valence-corrected chi connectivity index (χ0v) is 11.3. The molecule has 0 unspecified atom stereocenters. The van der Waals surface area contributed by atoms with Gasteiger partial charge in [-0.2, -0.15) is 0 Å². The van der Waals surface area contributed by atoms with E-state index < -0.39 is 5.97 Å². The van der Waals surface area contributed by atoms with Crippen molar-refractivity contribution in [1.82, 2.24) is 4.98 Å². The second-order valence-electron chi connectivity index (χ2n) is 4.32. The Bertz CT molecular complexity index is 719. The maximum Gasteiger partial charge on any atom is 0.363 e. The quantitative estimate of drug-likeness (QED) is 0.640. The molecule has 1 aliphatic rings. The van der Waals surface area contributed by atoms with Crippen molar-refractivity contribution in [3.63, 3.8) is 0 Å². The third-order valence-electron chi connectivity index (χ3n) is 2.92. The van der Waals surface area contributed by atoms with Gasteiger partial charge in [-0.25, -0.2) is 9.79 Å². The van der Waals surface area contributed by atoms with Crippen LogP contribution in [-0.2, 0) is 9.53 Å². The molecular formula is C16H12N2O3. The second kappa shape index (κ2) is 5.58. The zero-order chi connectivity index (χ0) is 14.7. The van der Waals surface area contributed by atoms with Crippen molar-refractivity contribution in [2.75, 3.05) is 7.11 Å². The number of hydrogen-bond donors (Lipinski definition) is 0. The number of ether oxygens (including phenoxy) is 2. The fourth-order valence-corrected chi connectivity index (χ4v) is 1.87. The van der Waals surface area contributed by atoms with Crippen LogP contribution in [0.15, 0.2) is 59.4 Å². The predicted molar refractivity (Wildman–Crippen MR) is 77.8 cm³/mol. The smallest absolute Gasteiger partial charge is 0.363 e. The maximum absolute atomic E-state index is 11.8. The summed E-state index contributed by atoms with van der Waals surface area (Å²) in [6.45, 7) is 0. The van der Waals surface area contributed by atoms with E-state index in [1.165, 1.54) is 0 Å². The summed E-state index contributed by atoms with van der Waals surface area (Å²) in [6, 6.07) is 12.6. The van der Waals surface area contributed by atoms with E-state index in [-0.39, 0.29) is 11.6 Å². The van der Waals surface area contributed by atoms with Gasteiger partial charge in [0, 0.05) is 6.20 Å². The number of aromatic nitrogens is 1. The van der Waals surface area contributed by atoms with Crippen molar-refractivity contribution in [2.45, 2.75) is 0 Å². The Labute approximate surface area is 121 Å². The Morgan fingerprint density at radius 3 is 2.62 bits per heavy atom. The number of esters is 1. The Kier molecular flexibility index (Phi) is 3.47. The van der Waals surface area contributed by atoms with Crippen molar-refractivity contribution in [1.29, 1.82) is 0 Å². The van der Waals surface area contributed by atoms with Gasteiger partial charge in [0.15, 0.2) is 5.70 Å². The first kappa shape index (κ1) is 13.1. The number of aliphatic imine (C=N–C) groups is 1. The molecule has 5 nitrogen and oxygen atoms in total. The van der Waals surface area contributed by atoms with Gasteiger partial charge in [-0.05, 0) is 35.9 Å². The van der Waals surface area contributed by atoms with E-state index in [2.05, 4.69) is 9.98 Å². The molecule has 1 aliphatic heterocycles. The van der Waals surface area contributed by atoms with Crippen LogP contribution < -0.4 is 4.74 Å². The average Bonchev–Trinajstić information content (AvgIpc) is 2.90. The van der Waals surface area contributed by atoms with Gasteiger partial charge in [0.2, 0.25) is 5.90 Å². The topological polar surface area (TPSA) is 60.8 Å². The molecule has 1 aromatic heterocycles. The van der Waals surface area contributed by atoms with Crippen LogP contribution in [0, 0.1) is 0 Å². The lowest BCUT2D eigenvalue weighted by molar-refractivity contribution is -0.129. The van der Waals surface area contributed by atoms with Crippen molar-refractivity contribution >= 4 is 17.9 Å². The summed E-state index contributed by atoms with van der Waals surface area (Å²) in [7, 11) is 1.60. The van der Waals surface area contributed by atoms with E-state index in [9.17, 15) is 4.79 Å². The number of carbonyl (C=O) groups excluding carboxylic acids is 1. The van der Waals surface area contributed by atoms with Gasteiger partial charge in [0.05, 0.1) is 7.11 Å². The minimum atomic E-state index is -0.480. The first-order valence-electron chi connectivity index (χ1n) is 6.34. The van der Waals surface area contributed by atoms with E-state index >= 15 is 0 Å². The minimum Gasteiger partial charge on any atom is -0.497 e. The van der Waals surface area contributed by atoms with Crippen molar-refractivity contribution in [2.24, 2.45) is 4.99 Å². The average molecular weight is 280 g/mol. The second-order valence-corrected chi connectivity index (χ2v) is 4.32. The van der Waals surface area contributed by atoms with Crippen LogP contribution >= 0.6 is 0 Å². The summed E-state index contributed by atoms with van der Waals surface area (Å²) in [6.07, 6.45) is 3.29. The molecule has 0 atom stereocenters. The predicted octanol–water partition coefficient (Wildman–Crippen LogP) is 2.43. The highest BCUT2D eigenvalue weighted by molar-refractivity contribution is 6.12. The normalized spacial score (nSPS) is 15.8. The Morgan fingerprint density at radius 1 is 1.14 bits per heavy atom. The first-order chi connectivity index (χ1) is 10.3. The molecule has 2 heterocycles. The van der Waals surface area contributed by atoms with Crippen LogP contribution in [0.2, 0.25) is 0 Å². The third kappa shape index (κ3) is 2.81. The molecule has 0 saturated carbocycles. The third-order valence-corrected chi connectivity index (χ3v) is 2.92. The Morgan fingerprint density at radius 2 is 1.95 bits per heavy atom. The number of rotatable bonds is 3. The standard InChI is InChI=1S/C16H12N2O3/c1-20-12-7-5-11(6-8-12)10-14-16(19)21-15(18-14)13-4-2-3-9-17-13/h2-10H,1H3/b14-10+. The molecule has 0 fully saturated rings. The van der Waals surface area contributed by atoms with Crippen LogP contribution in [0.4, 0.5) is 0 Å². The highest BCUT2D eigenvalue weighted by Gasteiger charge is 2.24. The fourth-order valence-electron chi connectivity index (χ4n) is 1.87. The summed E-state index contributed by atoms with van der Waals surface area (Å²) < 4.78 is 10.2. The van der Waals surface area contributed by atoms with Crippen molar-refractivity contribution in [3.05, 3.63) is 65.6 Å². The summed E-state index contributed by atoms with van der Waals surface area (Å²) in [4.78, 5) is 20.1. The molecule has 5 heteroatoms. The molecule has 21 heavy (non-hydrogen) atoms. The van der Waals surface area contributed by atoms with E-state index in [0.717, 1.165) is 11.3 Å². The van der Waals surface area contributed by atoms with Gasteiger partial charge in [-0.15, -0.1) is 0 Å². The number of cyclic esters (lactones) is 1. The Hall–Kier alpha value is -2.95. The highest BCUT2D eigenvalue weighted by Crippen LogP contribution is 2.19. The SMILES string of the molecule is COc1ccc(/C=C2/N=C(c3ccccn3)OC2=O)cc1. The molecule has 104 valence electrons. The van der Waals surface area contributed by atoms with Gasteiger partial charge in [0.25, 0.3) is 0 Å². The fraction of sp³-hybridized carbons (Fsp3) is 0.0625. The molecular weight excluding hydrogens is 268 g/mol. The molecule has 0 bridgehead atoms. The van der Waals surface area contributed by atoms with Crippen LogP contribution in [0.3, 0.4) is 0 Å². The lowest BCUT2D eigenvalue weighted by atomic mass is 10.2. The van der Waals surface area contributed by atoms with Crippen LogP contribution in [0.1, 0.15) is 11.3 Å². The molecule has 1 aromatic carbocycles.